The van der Waals surface area contributed by atoms with Crippen molar-refractivity contribution >= 4 is 28.1 Å². The molecule has 0 aromatic heterocycles. The first-order valence-corrected chi connectivity index (χ1v) is 11.2. The molecule has 3 heteroatoms. The molecule has 0 aliphatic carbocycles. The van der Waals surface area contributed by atoms with E-state index in [4.69, 9.17) is 0 Å². The van der Waals surface area contributed by atoms with Gasteiger partial charge in [-0.1, -0.05) is 103 Å². The van der Waals surface area contributed by atoms with Crippen LogP contribution in [0.15, 0.2) is 109 Å². The Morgan fingerprint density at radius 1 is 0.606 bits per heavy atom. The van der Waals surface area contributed by atoms with E-state index in [-0.39, 0.29) is 12.1 Å². The zero-order chi connectivity index (χ0) is 21.9. The molecule has 2 aliphatic rings. The van der Waals surface area contributed by atoms with Gasteiger partial charge in [0.05, 0.1) is 11.4 Å². The van der Waals surface area contributed by atoms with Crippen LogP contribution in [-0.2, 0) is 0 Å². The maximum absolute atomic E-state index is 14.0. The van der Waals surface area contributed by atoms with Crippen LogP contribution in [-0.4, -0.2) is 5.91 Å². The first-order valence-electron chi connectivity index (χ1n) is 11.2. The Morgan fingerprint density at radius 2 is 1.24 bits per heavy atom. The van der Waals surface area contributed by atoms with Gasteiger partial charge in [0.2, 0.25) is 0 Å². The van der Waals surface area contributed by atoms with E-state index in [0.29, 0.717) is 0 Å². The molecule has 0 spiro atoms. The molecule has 7 rings (SSSR count). The minimum absolute atomic E-state index is 0.0398. The van der Waals surface area contributed by atoms with E-state index in [2.05, 4.69) is 78.1 Å². The molecule has 0 radical (unpaired) electrons. The summed E-state index contributed by atoms with van der Waals surface area (Å²) in [4.78, 5) is 15.9. The third kappa shape index (κ3) is 2.53. The van der Waals surface area contributed by atoms with E-state index in [0.717, 1.165) is 55.5 Å². The summed E-state index contributed by atoms with van der Waals surface area (Å²) in [5.74, 6) is 0.0398. The van der Waals surface area contributed by atoms with E-state index < -0.39 is 0 Å². The predicted molar refractivity (Wildman–Crippen MR) is 134 cm³/mol. The van der Waals surface area contributed by atoms with Crippen LogP contribution in [0.1, 0.15) is 22.1 Å². The number of hydrogen-bond donors (Lipinski definition) is 1. The third-order valence-electron chi connectivity index (χ3n) is 6.81. The number of nitrogens with zero attached hydrogens (tertiary/aromatic N) is 1. The van der Waals surface area contributed by atoms with Crippen LogP contribution < -0.4 is 10.2 Å². The summed E-state index contributed by atoms with van der Waals surface area (Å²) in [6, 6.07) is 37.3. The Kier molecular flexibility index (Phi) is 3.76. The number of benzene rings is 5. The van der Waals surface area contributed by atoms with Crippen LogP contribution >= 0.6 is 0 Å². The smallest absolute Gasteiger partial charge is 0.260 e. The van der Waals surface area contributed by atoms with E-state index in [1.54, 1.807) is 0 Å². The van der Waals surface area contributed by atoms with Gasteiger partial charge in [0, 0.05) is 27.6 Å². The fourth-order valence-electron chi connectivity index (χ4n) is 5.37. The van der Waals surface area contributed by atoms with Gasteiger partial charge < -0.3 is 5.32 Å². The summed E-state index contributed by atoms with van der Waals surface area (Å²) < 4.78 is 0. The summed E-state index contributed by atoms with van der Waals surface area (Å²) in [5, 5.41) is 5.90. The number of rotatable bonds is 2. The molecule has 2 heterocycles. The highest BCUT2D eigenvalue weighted by Crippen LogP contribution is 2.54. The highest BCUT2D eigenvalue weighted by molar-refractivity contribution is 6.22. The topological polar surface area (TPSA) is 32.3 Å². The SMILES string of the molecule is O=C1c2cccc3cccc(c23)C2Nc3c(-c4ccccc4)ccc(-c4ccccc4)c3N12. The maximum atomic E-state index is 14.0. The highest BCUT2D eigenvalue weighted by Gasteiger charge is 2.42. The number of hydrogen-bond acceptors (Lipinski definition) is 2. The molecule has 5 aromatic rings. The van der Waals surface area contributed by atoms with Crippen LogP contribution in [0.4, 0.5) is 11.4 Å². The van der Waals surface area contributed by atoms with E-state index >= 15 is 0 Å². The first kappa shape index (κ1) is 18.2. The zero-order valence-corrected chi connectivity index (χ0v) is 17.8. The molecular formula is C30H20N2O. The average Bonchev–Trinajstić information content (AvgIpc) is 3.29. The fourth-order valence-corrected chi connectivity index (χ4v) is 5.37. The molecule has 0 bridgehead atoms. The van der Waals surface area contributed by atoms with Gasteiger partial charge in [-0.25, -0.2) is 0 Å². The van der Waals surface area contributed by atoms with E-state index in [1.165, 1.54) is 0 Å². The number of fused-ring (bicyclic) bond motifs is 4. The molecule has 5 aromatic carbocycles. The molecule has 2 aliphatic heterocycles. The van der Waals surface area contributed by atoms with Gasteiger partial charge in [-0.2, -0.15) is 0 Å². The Hall–Kier alpha value is -4.37. The summed E-state index contributed by atoms with van der Waals surface area (Å²) in [6.07, 6.45) is -0.238. The summed E-state index contributed by atoms with van der Waals surface area (Å²) in [6.45, 7) is 0. The Morgan fingerprint density at radius 3 is 1.97 bits per heavy atom. The lowest BCUT2D eigenvalue weighted by molar-refractivity contribution is 0.0980. The van der Waals surface area contributed by atoms with Gasteiger partial charge in [-0.3, -0.25) is 9.69 Å². The fraction of sp³-hybridized carbons (Fsp3) is 0.0333. The zero-order valence-electron chi connectivity index (χ0n) is 17.8. The number of anilines is 2. The molecular weight excluding hydrogens is 404 g/mol. The van der Waals surface area contributed by atoms with Gasteiger partial charge >= 0.3 is 0 Å². The van der Waals surface area contributed by atoms with Crippen molar-refractivity contribution in [3.8, 4) is 22.3 Å². The van der Waals surface area contributed by atoms with Crippen molar-refractivity contribution in [3.63, 3.8) is 0 Å². The lowest BCUT2D eigenvalue weighted by Crippen LogP contribution is -2.37. The normalized spacial score (nSPS) is 15.8. The minimum atomic E-state index is -0.238. The standard InChI is InChI=1S/C30H20N2O/c33-30-25-16-8-14-21-13-7-15-24(26(21)25)29-31-27-22(19-9-3-1-4-10-19)17-18-23(28(27)32(29)30)20-11-5-2-6-12-20/h1-18,29,31H. The quantitative estimate of drug-likeness (QED) is 0.323. The van der Waals surface area contributed by atoms with Crippen LogP contribution in [0.25, 0.3) is 33.0 Å². The van der Waals surface area contributed by atoms with Crippen LogP contribution in [0.5, 0.6) is 0 Å². The molecule has 1 atom stereocenters. The maximum Gasteiger partial charge on any atom is 0.260 e. The average molecular weight is 425 g/mol. The van der Waals surface area contributed by atoms with Gasteiger partial charge in [0.15, 0.2) is 0 Å². The third-order valence-corrected chi connectivity index (χ3v) is 6.81. The minimum Gasteiger partial charge on any atom is -0.359 e. The van der Waals surface area contributed by atoms with Crippen molar-refractivity contribution < 1.29 is 4.79 Å². The summed E-state index contributed by atoms with van der Waals surface area (Å²) in [5.41, 5.74) is 8.23. The number of carbonyl (C=O) groups is 1. The molecule has 33 heavy (non-hydrogen) atoms. The van der Waals surface area contributed by atoms with Crippen LogP contribution in [0.2, 0.25) is 0 Å². The molecule has 3 nitrogen and oxygen atoms in total. The molecule has 1 amide bonds. The van der Waals surface area contributed by atoms with E-state index in [9.17, 15) is 4.79 Å². The second-order valence-corrected chi connectivity index (χ2v) is 8.59. The second-order valence-electron chi connectivity index (χ2n) is 8.59. The van der Waals surface area contributed by atoms with Crippen molar-refractivity contribution in [2.24, 2.45) is 0 Å². The Labute approximate surface area is 191 Å². The Bertz CT molecular complexity index is 1550. The van der Waals surface area contributed by atoms with Crippen molar-refractivity contribution in [2.75, 3.05) is 10.2 Å². The molecule has 1 N–H and O–H groups in total. The monoisotopic (exact) mass is 424 g/mol. The summed E-state index contributed by atoms with van der Waals surface area (Å²) >= 11 is 0. The van der Waals surface area contributed by atoms with Crippen molar-refractivity contribution in [1.29, 1.82) is 0 Å². The lowest BCUT2D eigenvalue weighted by Gasteiger charge is -2.32. The molecule has 0 saturated heterocycles. The summed E-state index contributed by atoms with van der Waals surface area (Å²) in [7, 11) is 0. The van der Waals surface area contributed by atoms with Gasteiger partial charge in [-0.15, -0.1) is 0 Å². The molecule has 156 valence electrons. The van der Waals surface area contributed by atoms with Crippen LogP contribution in [0, 0.1) is 0 Å². The van der Waals surface area contributed by atoms with Crippen molar-refractivity contribution in [2.45, 2.75) is 6.17 Å². The number of carbonyl (C=O) groups excluding carboxylic acids is 1. The molecule has 0 saturated carbocycles. The highest BCUT2D eigenvalue weighted by atomic mass is 16.2. The lowest BCUT2D eigenvalue weighted by atomic mass is 9.92. The van der Waals surface area contributed by atoms with Crippen molar-refractivity contribution in [3.05, 3.63) is 120 Å². The number of nitrogens with one attached hydrogen (secondary N) is 1. The van der Waals surface area contributed by atoms with E-state index in [1.807, 2.05) is 41.3 Å². The Balaban J connectivity index is 1.53. The van der Waals surface area contributed by atoms with Crippen molar-refractivity contribution in [1.82, 2.24) is 0 Å². The predicted octanol–water partition coefficient (Wildman–Crippen LogP) is 7.26. The second kappa shape index (κ2) is 6.81. The first-order chi connectivity index (χ1) is 16.3. The molecule has 0 fully saturated rings. The van der Waals surface area contributed by atoms with Gasteiger partial charge in [-0.05, 0) is 22.6 Å². The van der Waals surface area contributed by atoms with Crippen LogP contribution in [0.3, 0.4) is 0 Å². The largest absolute Gasteiger partial charge is 0.359 e. The van der Waals surface area contributed by atoms with Gasteiger partial charge in [0.1, 0.15) is 6.17 Å². The molecule has 1 unspecified atom stereocenters. The van der Waals surface area contributed by atoms with Gasteiger partial charge in [0.25, 0.3) is 5.91 Å². The number of amides is 1.